The minimum Gasteiger partial charge on any atom is -1.00 e. The van der Waals surface area contributed by atoms with E-state index in [1.54, 1.807) is 18.2 Å². The predicted molar refractivity (Wildman–Crippen MR) is 114 cm³/mol. The van der Waals surface area contributed by atoms with E-state index in [1.165, 1.54) is 42.2 Å². The van der Waals surface area contributed by atoms with Crippen LogP contribution in [0.3, 0.4) is 0 Å². The predicted octanol–water partition coefficient (Wildman–Crippen LogP) is -1.41. The minimum atomic E-state index is -0.342. The molecule has 0 unspecified atom stereocenters. The molecule has 3 amide bonds. The molecule has 1 saturated heterocycles. The Kier molecular flexibility index (Phi) is 7.46. The van der Waals surface area contributed by atoms with E-state index >= 15 is 0 Å². The minimum absolute atomic E-state index is 0. The number of nitrogens with one attached hydrogen (secondary N) is 2. The van der Waals surface area contributed by atoms with Crippen molar-refractivity contribution in [2.24, 2.45) is 0 Å². The number of benzene rings is 2. The van der Waals surface area contributed by atoms with E-state index in [4.69, 9.17) is 0 Å². The Morgan fingerprint density at radius 3 is 2.45 bits per heavy atom. The van der Waals surface area contributed by atoms with Gasteiger partial charge in [-0.2, -0.15) is 0 Å². The van der Waals surface area contributed by atoms with Gasteiger partial charge in [0.25, 0.3) is 17.7 Å². The van der Waals surface area contributed by atoms with E-state index in [2.05, 4.69) is 5.32 Å². The fourth-order valence-corrected chi connectivity index (χ4v) is 4.29. The van der Waals surface area contributed by atoms with Gasteiger partial charge in [-0.3, -0.25) is 19.3 Å². The summed E-state index contributed by atoms with van der Waals surface area (Å²) in [6.07, 6.45) is 3.81. The Balaban J connectivity index is 0.00000272. The Labute approximate surface area is 189 Å². The molecular formula is C24H28ClN3O3. The van der Waals surface area contributed by atoms with Crippen LogP contribution in [0.15, 0.2) is 42.5 Å². The van der Waals surface area contributed by atoms with Crippen LogP contribution in [0.2, 0.25) is 0 Å². The first-order chi connectivity index (χ1) is 14.5. The molecule has 0 bridgehead atoms. The van der Waals surface area contributed by atoms with Gasteiger partial charge in [0.2, 0.25) is 0 Å². The third-order valence-corrected chi connectivity index (χ3v) is 6.15. The summed E-state index contributed by atoms with van der Waals surface area (Å²) in [5.41, 5.74) is 3.06. The summed E-state index contributed by atoms with van der Waals surface area (Å²) < 4.78 is 0. The van der Waals surface area contributed by atoms with Gasteiger partial charge >= 0.3 is 0 Å². The van der Waals surface area contributed by atoms with Gasteiger partial charge in [0.15, 0.2) is 0 Å². The molecule has 2 aromatic carbocycles. The van der Waals surface area contributed by atoms with Gasteiger partial charge in [-0.15, -0.1) is 0 Å². The number of nitrogens with zero attached hydrogens (tertiary/aromatic N) is 1. The molecule has 0 aliphatic carbocycles. The molecule has 7 heteroatoms. The number of fused-ring (bicyclic) bond motifs is 1. The highest BCUT2D eigenvalue weighted by Gasteiger charge is 2.36. The maximum atomic E-state index is 12.9. The quantitative estimate of drug-likeness (QED) is 0.541. The highest BCUT2D eigenvalue weighted by atomic mass is 35.5. The van der Waals surface area contributed by atoms with E-state index in [0.29, 0.717) is 23.2 Å². The second-order valence-electron chi connectivity index (χ2n) is 8.20. The lowest BCUT2D eigenvalue weighted by Crippen LogP contribution is -3.13. The largest absolute Gasteiger partial charge is 1.00 e. The lowest BCUT2D eigenvalue weighted by Gasteiger charge is -2.23. The molecule has 1 fully saturated rings. The molecule has 2 aliphatic heterocycles. The molecule has 0 spiro atoms. The van der Waals surface area contributed by atoms with Crippen molar-refractivity contribution in [2.75, 3.05) is 26.2 Å². The number of quaternary nitrogens is 1. The van der Waals surface area contributed by atoms with E-state index in [1.807, 2.05) is 31.2 Å². The van der Waals surface area contributed by atoms with Crippen LogP contribution in [0.25, 0.3) is 0 Å². The van der Waals surface area contributed by atoms with Crippen LogP contribution in [0.5, 0.6) is 0 Å². The number of piperidine rings is 1. The van der Waals surface area contributed by atoms with Gasteiger partial charge in [-0.1, -0.05) is 24.3 Å². The number of halogens is 1. The maximum absolute atomic E-state index is 12.9. The van der Waals surface area contributed by atoms with Gasteiger partial charge in [0.1, 0.15) is 0 Å². The number of aryl methyl sites for hydroxylation is 1. The molecule has 31 heavy (non-hydrogen) atoms. The molecular weight excluding hydrogens is 414 g/mol. The zero-order valence-electron chi connectivity index (χ0n) is 17.7. The summed E-state index contributed by atoms with van der Waals surface area (Å²) in [5.74, 6) is -0.851. The average Bonchev–Trinajstić information content (AvgIpc) is 3.00. The van der Waals surface area contributed by atoms with Crippen molar-refractivity contribution in [3.05, 3.63) is 70.3 Å². The van der Waals surface area contributed by atoms with Gasteiger partial charge < -0.3 is 22.6 Å². The number of carbonyl (C=O) groups excluding carboxylic acids is 3. The fraction of sp³-hybridized carbons (Fsp3) is 0.375. The van der Waals surface area contributed by atoms with Gasteiger partial charge in [-0.25, -0.2) is 0 Å². The molecule has 0 atom stereocenters. The summed E-state index contributed by atoms with van der Waals surface area (Å²) in [7, 11) is 0. The highest BCUT2D eigenvalue weighted by molar-refractivity contribution is 6.22. The van der Waals surface area contributed by atoms with E-state index in [-0.39, 0.29) is 36.7 Å². The van der Waals surface area contributed by atoms with Crippen molar-refractivity contribution in [1.29, 1.82) is 0 Å². The second-order valence-corrected chi connectivity index (χ2v) is 8.20. The van der Waals surface area contributed by atoms with E-state index in [0.717, 1.165) is 17.7 Å². The molecule has 2 aromatic rings. The lowest BCUT2D eigenvalue weighted by atomic mass is 10.1. The lowest BCUT2D eigenvalue weighted by molar-refractivity contribution is -0.903. The summed E-state index contributed by atoms with van der Waals surface area (Å²) >= 11 is 0. The van der Waals surface area contributed by atoms with Crippen molar-refractivity contribution in [2.45, 2.75) is 32.7 Å². The summed E-state index contributed by atoms with van der Waals surface area (Å²) in [5, 5.41) is 2.95. The van der Waals surface area contributed by atoms with Crippen molar-refractivity contribution in [3.8, 4) is 0 Å². The third-order valence-electron chi connectivity index (χ3n) is 6.15. The Morgan fingerprint density at radius 2 is 1.71 bits per heavy atom. The van der Waals surface area contributed by atoms with Gasteiger partial charge in [0, 0.05) is 5.56 Å². The van der Waals surface area contributed by atoms with Crippen LogP contribution < -0.4 is 22.6 Å². The SMILES string of the molecule is Cc1ccccc1CN1C(=O)c2ccc(C(=O)NCC[NH+]3CCCCC3)cc2C1=O.[Cl-]. The van der Waals surface area contributed by atoms with Gasteiger partial charge in [0.05, 0.1) is 43.9 Å². The Hall–Kier alpha value is -2.70. The van der Waals surface area contributed by atoms with Crippen LogP contribution >= 0.6 is 0 Å². The summed E-state index contributed by atoms with van der Waals surface area (Å²) in [6.45, 7) is 6.06. The third kappa shape index (κ3) is 4.97. The number of imide groups is 1. The number of carbonyl (C=O) groups is 3. The van der Waals surface area contributed by atoms with Crippen LogP contribution in [-0.2, 0) is 6.54 Å². The van der Waals surface area contributed by atoms with E-state index < -0.39 is 0 Å². The number of amides is 3. The summed E-state index contributed by atoms with van der Waals surface area (Å²) in [4.78, 5) is 41.0. The molecule has 0 saturated carbocycles. The maximum Gasteiger partial charge on any atom is 0.261 e. The zero-order chi connectivity index (χ0) is 21.1. The van der Waals surface area contributed by atoms with Crippen LogP contribution in [-0.4, -0.2) is 48.8 Å². The fourth-order valence-electron chi connectivity index (χ4n) is 4.29. The van der Waals surface area contributed by atoms with Crippen molar-refractivity contribution in [1.82, 2.24) is 10.2 Å². The molecule has 2 aliphatic rings. The topological polar surface area (TPSA) is 70.9 Å². The normalized spacial score (nSPS) is 16.1. The van der Waals surface area contributed by atoms with E-state index in [9.17, 15) is 14.4 Å². The molecule has 4 rings (SSSR count). The average molecular weight is 442 g/mol. The first kappa shape index (κ1) is 23.0. The molecule has 6 nitrogen and oxygen atoms in total. The number of hydrogen-bond acceptors (Lipinski definition) is 3. The molecule has 0 aromatic heterocycles. The Morgan fingerprint density at radius 1 is 1.00 bits per heavy atom. The molecule has 0 radical (unpaired) electrons. The van der Waals surface area contributed by atoms with Crippen LogP contribution in [0.4, 0.5) is 0 Å². The standard InChI is InChI=1S/C24H27N3O3.ClH/c1-17-7-3-4-8-19(17)16-27-23(29)20-10-9-18(15-21(20)24(27)30)22(28)25-11-14-26-12-5-2-6-13-26;/h3-4,7-10,15H,2,5-6,11-14,16H2,1H3,(H,25,28);1H. The van der Waals surface area contributed by atoms with Crippen LogP contribution in [0, 0.1) is 6.92 Å². The summed E-state index contributed by atoms with van der Waals surface area (Å²) in [6, 6.07) is 12.5. The van der Waals surface area contributed by atoms with Crippen molar-refractivity contribution in [3.63, 3.8) is 0 Å². The van der Waals surface area contributed by atoms with Gasteiger partial charge in [-0.05, 0) is 55.5 Å². The number of hydrogen-bond donors (Lipinski definition) is 2. The molecule has 164 valence electrons. The first-order valence-electron chi connectivity index (χ1n) is 10.7. The van der Waals surface area contributed by atoms with Crippen molar-refractivity contribution < 1.29 is 31.7 Å². The monoisotopic (exact) mass is 441 g/mol. The number of likely N-dealkylation sites (tertiary alicyclic amines) is 1. The van der Waals surface area contributed by atoms with Crippen molar-refractivity contribution >= 4 is 17.7 Å². The van der Waals surface area contributed by atoms with Crippen LogP contribution in [0.1, 0.15) is 61.5 Å². The molecule has 2 heterocycles. The second kappa shape index (κ2) is 10.1. The molecule has 2 N–H and O–H groups in total. The first-order valence-corrected chi connectivity index (χ1v) is 10.7. The zero-order valence-corrected chi connectivity index (χ0v) is 18.5. The Bertz CT molecular complexity index is 986. The highest BCUT2D eigenvalue weighted by Crippen LogP contribution is 2.26. The number of rotatable bonds is 6. The smallest absolute Gasteiger partial charge is 0.261 e.